The van der Waals surface area contributed by atoms with Crippen LogP contribution in [0.2, 0.25) is 0 Å². The molecule has 24 heavy (non-hydrogen) atoms. The number of hydrogen-bond acceptors (Lipinski definition) is 6. The Morgan fingerprint density at radius 2 is 1.88 bits per heavy atom. The van der Waals surface area contributed by atoms with Crippen molar-refractivity contribution in [2.24, 2.45) is 0 Å². The van der Waals surface area contributed by atoms with Crippen molar-refractivity contribution in [2.75, 3.05) is 14.2 Å². The highest BCUT2D eigenvalue weighted by atomic mass is 127. The number of hydrogen-bond donors (Lipinski definition) is 3. The number of esters is 1. The Hall–Kier alpha value is -1.95. The molecule has 8 nitrogen and oxygen atoms in total. The van der Waals surface area contributed by atoms with Gasteiger partial charge in [0, 0.05) is 12.0 Å². The second-order valence-electron chi connectivity index (χ2n) is 4.38. The quantitative estimate of drug-likeness (QED) is 0.257. The molecule has 0 saturated heterocycles. The van der Waals surface area contributed by atoms with Gasteiger partial charge in [-0.3, -0.25) is 25.2 Å². The lowest BCUT2D eigenvalue weighted by Crippen LogP contribution is -2.48. The minimum absolute atomic E-state index is 0.0540. The number of methoxy groups -OCH3 is 2. The monoisotopic (exact) mass is 465 g/mol. The van der Waals surface area contributed by atoms with Crippen LogP contribution in [0.25, 0.3) is 0 Å². The van der Waals surface area contributed by atoms with Gasteiger partial charge in [0.2, 0.25) is 5.91 Å². The van der Waals surface area contributed by atoms with Gasteiger partial charge in [-0.1, -0.05) is 0 Å². The first-order valence-electron chi connectivity index (χ1n) is 6.68. The number of ether oxygens (including phenoxy) is 2. The molecule has 1 aromatic rings. The zero-order chi connectivity index (χ0) is 18.1. The molecule has 1 aromatic carbocycles. The third kappa shape index (κ3) is 6.66. The van der Waals surface area contributed by atoms with Gasteiger partial charge >= 0.3 is 5.97 Å². The van der Waals surface area contributed by atoms with E-state index in [1.165, 1.54) is 7.11 Å². The predicted molar refractivity (Wildman–Crippen MR) is 98.3 cm³/mol. The van der Waals surface area contributed by atoms with E-state index in [1.807, 2.05) is 22.6 Å². The Balaban J connectivity index is 2.43. The SMILES string of the molecule is COC(=O)CCC(=O)NC(=S)NNC(=O)c1ccc(OC)c(I)c1. The van der Waals surface area contributed by atoms with Gasteiger partial charge < -0.3 is 14.8 Å². The average Bonchev–Trinajstić information content (AvgIpc) is 2.57. The van der Waals surface area contributed by atoms with Crippen LogP contribution in [0.3, 0.4) is 0 Å². The Kier molecular flexibility index (Phi) is 8.40. The molecule has 0 aliphatic rings. The summed E-state index contributed by atoms with van der Waals surface area (Å²) in [4.78, 5) is 34.4. The molecule has 1 rings (SSSR count). The van der Waals surface area contributed by atoms with E-state index in [1.54, 1.807) is 25.3 Å². The average molecular weight is 465 g/mol. The largest absolute Gasteiger partial charge is 0.496 e. The molecule has 0 heterocycles. The summed E-state index contributed by atoms with van der Waals surface area (Å²) in [5.74, 6) is -0.729. The van der Waals surface area contributed by atoms with Gasteiger partial charge in [-0.2, -0.15) is 0 Å². The van der Waals surface area contributed by atoms with Crippen LogP contribution in [0.1, 0.15) is 23.2 Å². The molecule has 0 aliphatic heterocycles. The maximum Gasteiger partial charge on any atom is 0.306 e. The highest BCUT2D eigenvalue weighted by Gasteiger charge is 2.11. The molecular weight excluding hydrogens is 449 g/mol. The van der Waals surface area contributed by atoms with Crippen molar-refractivity contribution in [3.63, 3.8) is 0 Å². The van der Waals surface area contributed by atoms with Crippen LogP contribution in [-0.4, -0.2) is 37.1 Å². The van der Waals surface area contributed by atoms with Crippen molar-refractivity contribution in [2.45, 2.75) is 12.8 Å². The van der Waals surface area contributed by atoms with Gasteiger partial charge in [-0.15, -0.1) is 0 Å². The number of hydrazine groups is 1. The number of rotatable bonds is 5. The number of carbonyl (C=O) groups excluding carboxylic acids is 3. The molecule has 0 unspecified atom stereocenters. The molecular formula is C14H16IN3O5S. The number of benzene rings is 1. The minimum atomic E-state index is -0.494. The van der Waals surface area contributed by atoms with E-state index in [4.69, 9.17) is 17.0 Å². The Labute approximate surface area is 157 Å². The van der Waals surface area contributed by atoms with E-state index in [9.17, 15) is 14.4 Å². The summed E-state index contributed by atoms with van der Waals surface area (Å²) in [5, 5.41) is 2.25. The zero-order valence-electron chi connectivity index (χ0n) is 13.0. The van der Waals surface area contributed by atoms with E-state index in [0.717, 1.165) is 3.57 Å². The Bertz CT molecular complexity index is 653. The van der Waals surface area contributed by atoms with Gasteiger partial charge in [0.15, 0.2) is 5.11 Å². The highest BCUT2D eigenvalue weighted by Crippen LogP contribution is 2.21. The van der Waals surface area contributed by atoms with Crippen molar-refractivity contribution in [1.29, 1.82) is 0 Å². The summed E-state index contributed by atoms with van der Waals surface area (Å²) in [6, 6.07) is 4.91. The number of thiocarbonyl (C=S) groups is 1. The zero-order valence-corrected chi connectivity index (χ0v) is 15.9. The minimum Gasteiger partial charge on any atom is -0.496 e. The van der Waals surface area contributed by atoms with Crippen molar-refractivity contribution < 1.29 is 23.9 Å². The molecule has 0 saturated carbocycles. The molecule has 0 radical (unpaired) electrons. The van der Waals surface area contributed by atoms with Crippen molar-refractivity contribution in [3.8, 4) is 5.75 Å². The first-order valence-corrected chi connectivity index (χ1v) is 8.16. The smallest absolute Gasteiger partial charge is 0.306 e. The summed E-state index contributed by atoms with van der Waals surface area (Å²) >= 11 is 6.93. The van der Waals surface area contributed by atoms with Crippen LogP contribution in [-0.2, 0) is 14.3 Å². The molecule has 2 amide bonds. The van der Waals surface area contributed by atoms with E-state index in [2.05, 4.69) is 20.9 Å². The van der Waals surface area contributed by atoms with Crippen LogP contribution in [0.15, 0.2) is 18.2 Å². The summed E-state index contributed by atoms with van der Waals surface area (Å²) in [6.07, 6.45) is -0.124. The Morgan fingerprint density at radius 3 is 2.46 bits per heavy atom. The fraction of sp³-hybridized carbons (Fsp3) is 0.286. The third-order valence-electron chi connectivity index (χ3n) is 2.74. The summed E-state index contributed by atoms with van der Waals surface area (Å²) < 4.78 is 10.3. The second kappa shape index (κ2) is 10.0. The molecule has 0 aromatic heterocycles. The molecule has 130 valence electrons. The maximum atomic E-state index is 12.0. The normalized spacial score (nSPS) is 9.62. The van der Waals surface area contributed by atoms with Gasteiger partial charge in [-0.25, -0.2) is 0 Å². The highest BCUT2D eigenvalue weighted by molar-refractivity contribution is 14.1. The van der Waals surface area contributed by atoms with Crippen molar-refractivity contribution in [3.05, 3.63) is 27.3 Å². The van der Waals surface area contributed by atoms with Gasteiger partial charge in [-0.05, 0) is 53.0 Å². The first-order chi connectivity index (χ1) is 11.4. The van der Waals surface area contributed by atoms with Gasteiger partial charge in [0.25, 0.3) is 5.91 Å². The molecule has 0 aliphatic carbocycles. The molecule has 0 atom stereocenters. The predicted octanol–water partition coefficient (Wildman–Crippen LogP) is 0.889. The van der Waals surface area contributed by atoms with Gasteiger partial charge in [0.1, 0.15) is 5.75 Å². The maximum absolute atomic E-state index is 12.0. The molecule has 0 fully saturated rings. The molecule has 0 spiro atoms. The molecule has 0 bridgehead atoms. The van der Waals surface area contributed by atoms with Crippen LogP contribution in [0.4, 0.5) is 0 Å². The summed E-state index contributed by atoms with van der Waals surface area (Å²) in [5.41, 5.74) is 5.17. The number of carbonyl (C=O) groups is 3. The second-order valence-corrected chi connectivity index (χ2v) is 5.95. The Morgan fingerprint density at radius 1 is 1.17 bits per heavy atom. The first kappa shape index (κ1) is 20.1. The number of amides is 2. The van der Waals surface area contributed by atoms with E-state index in [0.29, 0.717) is 11.3 Å². The lowest BCUT2D eigenvalue weighted by atomic mass is 10.2. The third-order valence-corrected chi connectivity index (χ3v) is 3.79. The van der Waals surface area contributed by atoms with Gasteiger partial charge in [0.05, 0.1) is 24.2 Å². The fourth-order valence-electron chi connectivity index (χ4n) is 1.53. The van der Waals surface area contributed by atoms with Crippen LogP contribution in [0.5, 0.6) is 5.75 Å². The summed E-state index contributed by atoms with van der Waals surface area (Å²) in [7, 11) is 2.78. The number of halogens is 1. The van der Waals surface area contributed by atoms with Crippen molar-refractivity contribution in [1.82, 2.24) is 16.2 Å². The van der Waals surface area contributed by atoms with E-state index < -0.39 is 17.8 Å². The topological polar surface area (TPSA) is 106 Å². The molecule has 10 heteroatoms. The number of nitrogens with one attached hydrogen (secondary N) is 3. The van der Waals surface area contributed by atoms with Crippen LogP contribution in [0, 0.1) is 3.57 Å². The van der Waals surface area contributed by atoms with Crippen molar-refractivity contribution >= 4 is 57.7 Å². The van der Waals surface area contributed by atoms with Crippen LogP contribution >= 0.6 is 34.8 Å². The lowest BCUT2D eigenvalue weighted by Gasteiger charge is -2.11. The summed E-state index contributed by atoms with van der Waals surface area (Å²) in [6.45, 7) is 0. The standard InChI is InChI=1S/C14H16IN3O5S/c1-22-10-4-3-8(7-9(10)15)13(21)17-18-14(24)16-11(19)5-6-12(20)23-2/h3-4,7H,5-6H2,1-2H3,(H,17,21)(H2,16,18,19,24). The van der Waals surface area contributed by atoms with E-state index in [-0.39, 0.29) is 18.0 Å². The molecule has 3 N–H and O–H groups in total. The van der Waals surface area contributed by atoms with Crippen LogP contribution < -0.4 is 20.9 Å². The lowest BCUT2D eigenvalue weighted by molar-refractivity contribution is -0.142. The fourth-order valence-corrected chi connectivity index (χ4v) is 2.43. The van der Waals surface area contributed by atoms with E-state index >= 15 is 0 Å².